The molecule has 3 nitrogen and oxygen atoms in total. The van der Waals surface area contributed by atoms with Crippen molar-refractivity contribution in [1.29, 1.82) is 0 Å². The predicted octanol–water partition coefficient (Wildman–Crippen LogP) is 7.79. The van der Waals surface area contributed by atoms with Gasteiger partial charge in [0.05, 0.1) is 12.1 Å². The molecule has 0 fully saturated rings. The van der Waals surface area contributed by atoms with Gasteiger partial charge in [-0.1, -0.05) is 43.7 Å². The summed E-state index contributed by atoms with van der Waals surface area (Å²) in [6.07, 6.45) is 4.82. The first-order chi connectivity index (χ1) is 16.5. The summed E-state index contributed by atoms with van der Waals surface area (Å²) in [6.45, 7) is 4.95. The Kier molecular flexibility index (Phi) is 7.63. The molecule has 0 spiro atoms. The summed E-state index contributed by atoms with van der Waals surface area (Å²) in [5.41, 5.74) is 4.02. The average Bonchev–Trinajstić information content (AvgIpc) is 3.23. The third kappa shape index (κ3) is 5.15. The van der Waals surface area contributed by atoms with Crippen LogP contribution in [0.2, 0.25) is 0 Å². The highest BCUT2D eigenvalue weighted by atomic mass is 32.2. The van der Waals surface area contributed by atoms with Crippen LogP contribution in [0.5, 0.6) is 0 Å². The van der Waals surface area contributed by atoms with Gasteiger partial charge in [-0.05, 0) is 73.0 Å². The number of aryl methyl sites for hydroxylation is 1. The van der Waals surface area contributed by atoms with Crippen LogP contribution in [-0.4, -0.2) is 17.4 Å². The molecule has 4 aromatic rings. The number of hydrogen-bond acceptors (Lipinski definition) is 3. The van der Waals surface area contributed by atoms with E-state index in [9.17, 15) is 9.18 Å². The van der Waals surface area contributed by atoms with Crippen molar-refractivity contribution in [1.82, 2.24) is 0 Å². The van der Waals surface area contributed by atoms with Crippen LogP contribution in [0.25, 0.3) is 11.0 Å². The minimum absolute atomic E-state index is 0.112. The van der Waals surface area contributed by atoms with E-state index in [1.807, 2.05) is 12.1 Å². The van der Waals surface area contributed by atoms with Crippen LogP contribution in [0.3, 0.4) is 0 Å². The molecule has 0 aliphatic heterocycles. The Bertz CT molecular complexity index is 1310. The van der Waals surface area contributed by atoms with Crippen LogP contribution in [-0.2, 0) is 13.0 Å². The van der Waals surface area contributed by atoms with Crippen molar-refractivity contribution in [2.24, 2.45) is 0 Å². The van der Waals surface area contributed by atoms with Gasteiger partial charge in [-0.15, -0.1) is 10.7 Å². The Morgan fingerprint density at radius 1 is 1.06 bits per heavy atom. The Morgan fingerprint density at radius 2 is 1.79 bits per heavy atom. The molecule has 0 saturated carbocycles. The molecule has 1 aromatic heterocycles. The van der Waals surface area contributed by atoms with Crippen LogP contribution in [0.1, 0.15) is 53.9 Å². The first kappa shape index (κ1) is 24.0. The van der Waals surface area contributed by atoms with Crippen molar-refractivity contribution in [2.45, 2.75) is 39.7 Å². The standard InChI is InChI=1S/C29H30FNO2S/c1-4-6-12-27-28(29(32)22-13-15-23(30)16-14-22)25-19-24(17-18-26(25)33-27)31(34(3)5-2)20-21-10-8-7-9-11-21/h5,7-11,13-19H,4,6,12,20H2,1-3H3. The lowest BCUT2D eigenvalue weighted by molar-refractivity contribution is 0.103. The molecule has 3 aromatic carbocycles. The van der Waals surface area contributed by atoms with E-state index >= 15 is 0 Å². The number of halogens is 1. The van der Waals surface area contributed by atoms with Gasteiger partial charge in [0.25, 0.3) is 0 Å². The zero-order chi connectivity index (χ0) is 24.1. The number of ketones is 1. The van der Waals surface area contributed by atoms with Crippen molar-refractivity contribution < 1.29 is 13.6 Å². The van der Waals surface area contributed by atoms with Crippen molar-refractivity contribution >= 4 is 38.5 Å². The molecule has 34 heavy (non-hydrogen) atoms. The highest BCUT2D eigenvalue weighted by molar-refractivity contribution is 8.15. The van der Waals surface area contributed by atoms with Gasteiger partial charge in [-0.2, -0.15) is 0 Å². The molecule has 0 aliphatic carbocycles. The van der Waals surface area contributed by atoms with Crippen LogP contribution in [0.4, 0.5) is 10.1 Å². The number of furan rings is 1. The average molecular weight is 476 g/mol. The summed E-state index contributed by atoms with van der Waals surface area (Å²) in [6, 6.07) is 22.2. The second kappa shape index (κ2) is 10.8. The van der Waals surface area contributed by atoms with Crippen LogP contribution in [0.15, 0.2) is 77.2 Å². The number of unbranched alkanes of at least 4 members (excludes halogenated alkanes) is 1. The molecule has 0 N–H and O–H groups in total. The summed E-state index contributed by atoms with van der Waals surface area (Å²) in [5.74, 6) is 0.217. The summed E-state index contributed by atoms with van der Waals surface area (Å²) in [7, 11) is -0.112. The van der Waals surface area contributed by atoms with Crippen LogP contribution < -0.4 is 4.31 Å². The molecule has 0 aliphatic rings. The lowest BCUT2D eigenvalue weighted by Gasteiger charge is -2.26. The Hall–Kier alpha value is -3.18. The zero-order valence-corrected chi connectivity index (χ0v) is 20.7. The highest BCUT2D eigenvalue weighted by Crippen LogP contribution is 2.35. The van der Waals surface area contributed by atoms with E-state index in [1.165, 1.54) is 17.7 Å². The molecule has 5 heteroatoms. The molecule has 1 atom stereocenters. The van der Waals surface area contributed by atoms with Gasteiger partial charge in [-0.3, -0.25) is 4.79 Å². The monoisotopic (exact) mass is 475 g/mol. The molecule has 0 saturated heterocycles. The van der Waals surface area contributed by atoms with Gasteiger partial charge in [0, 0.05) is 23.1 Å². The lowest BCUT2D eigenvalue weighted by Crippen LogP contribution is -2.16. The minimum atomic E-state index is -0.357. The largest absolute Gasteiger partial charge is 0.460 e. The number of carbonyl (C=O) groups is 1. The number of rotatable bonds is 9. The fourth-order valence-corrected chi connectivity index (χ4v) is 5.09. The lowest BCUT2D eigenvalue weighted by atomic mass is 9.98. The maximum Gasteiger partial charge on any atom is 0.197 e. The first-order valence-electron chi connectivity index (χ1n) is 11.6. The maximum atomic E-state index is 13.6. The van der Waals surface area contributed by atoms with E-state index in [-0.39, 0.29) is 22.3 Å². The van der Waals surface area contributed by atoms with Crippen molar-refractivity contribution in [3.8, 4) is 0 Å². The molecular weight excluding hydrogens is 445 g/mol. The number of nitrogens with zero attached hydrogens (tertiary/aromatic N) is 1. The smallest absolute Gasteiger partial charge is 0.197 e. The molecule has 0 amide bonds. The van der Waals surface area contributed by atoms with Gasteiger partial charge in [0.2, 0.25) is 0 Å². The van der Waals surface area contributed by atoms with Crippen molar-refractivity contribution in [3.63, 3.8) is 0 Å². The maximum absolute atomic E-state index is 13.6. The van der Waals surface area contributed by atoms with Crippen molar-refractivity contribution in [2.75, 3.05) is 10.6 Å². The molecule has 1 unspecified atom stereocenters. The van der Waals surface area contributed by atoms with E-state index in [0.29, 0.717) is 28.9 Å². The predicted molar refractivity (Wildman–Crippen MR) is 143 cm³/mol. The van der Waals surface area contributed by atoms with Crippen molar-refractivity contribution in [3.05, 3.63) is 101 Å². The molecular formula is C29H30FNO2S. The highest BCUT2D eigenvalue weighted by Gasteiger charge is 2.23. The van der Waals surface area contributed by atoms with Crippen LogP contribution in [0, 0.1) is 5.82 Å². The molecule has 176 valence electrons. The zero-order valence-electron chi connectivity index (χ0n) is 19.9. The SMILES string of the molecule is C/C=S(\C)N(Cc1ccccc1)c1ccc2oc(CCCC)c(C(=O)c3ccc(F)cc3)c2c1. The topological polar surface area (TPSA) is 33.5 Å². The molecule has 0 radical (unpaired) electrons. The Balaban J connectivity index is 1.83. The van der Waals surface area contributed by atoms with Crippen LogP contribution >= 0.6 is 10.7 Å². The normalized spacial score (nSPS) is 12.2. The number of anilines is 1. The van der Waals surface area contributed by atoms with E-state index in [0.717, 1.165) is 30.5 Å². The van der Waals surface area contributed by atoms with E-state index in [2.05, 4.69) is 66.2 Å². The second-order valence-corrected chi connectivity index (χ2v) is 10.3. The third-order valence-corrected chi connectivity index (χ3v) is 7.70. The summed E-state index contributed by atoms with van der Waals surface area (Å²) in [5, 5.41) is 3.00. The molecule has 4 rings (SSSR count). The van der Waals surface area contributed by atoms with Gasteiger partial charge in [0.1, 0.15) is 17.2 Å². The summed E-state index contributed by atoms with van der Waals surface area (Å²) < 4.78 is 22.0. The number of carbonyl (C=O) groups excluding carboxylic acids is 1. The molecule has 0 bridgehead atoms. The summed E-state index contributed by atoms with van der Waals surface area (Å²) in [4.78, 5) is 13.6. The first-order valence-corrected chi connectivity index (χ1v) is 13.3. The fourth-order valence-electron chi connectivity index (χ4n) is 4.04. The minimum Gasteiger partial charge on any atom is -0.460 e. The van der Waals surface area contributed by atoms with Gasteiger partial charge >= 0.3 is 0 Å². The number of fused-ring (bicyclic) bond motifs is 1. The van der Waals surface area contributed by atoms with Gasteiger partial charge in [-0.25, -0.2) is 4.39 Å². The van der Waals surface area contributed by atoms with Gasteiger partial charge < -0.3 is 8.72 Å². The number of hydrogen-bond donors (Lipinski definition) is 0. The fraction of sp³-hybridized carbons (Fsp3) is 0.241. The quantitative estimate of drug-likeness (QED) is 0.183. The number of benzene rings is 3. The van der Waals surface area contributed by atoms with E-state index < -0.39 is 0 Å². The molecule has 1 heterocycles. The van der Waals surface area contributed by atoms with E-state index in [4.69, 9.17) is 4.42 Å². The third-order valence-electron chi connectivity index (χ3n) is 5.98. The Labute approximate surface area is 203 Å². The van der Waals surface area contributed by atoms with Gasteiger partial charge in [0.15, 0.2) is 5.78 Å². The Morgan fingerprint density at radius 3 is 2.47 bits per heavy atom. The summed E-state index contributed by atoms with van der Waals surface area (Å²) >= 11 is 0. The second-order valence-electron chi connectivity index (χ2n) is 8.30. The van der Waals surface area contributed by atoms with E-state index in [1.54, 1.807) is 12.1 Å².